The SMILES string of the molecule is CC(=O)OC1(c2c(F)c(F)c(F)c(F)c2F)OC(=O)C(c2ccccc2)=C1OC(C)C. The Balaban J connectivity index is 2.46. The van der Waals surface area contributed by atoms with Gasteiger partial charge in [-0.2, -0.15) is 0 Å². The number of hydrogen-bond acceptors (Lipinski definition) is 5. The first kappa shape index (κ1) is 22.3. The highest BCUT2D eigenvalue weighted by atomic mass is 19.2. The zero-order chi connectivity index (χ0) is 23.1. The van der Waals surface area contributed by atoms with Crippen molar-refractivity contribution in [3.05, 3.63) is 76.3 Å². The first-order chi connectivity index (χ1) is 14.5. The molecule has 0 N–H and O–H groups in total. The topological polar surface area (TPSA) is 61.8 Å². The maximum atomic E-state index is 14.7. The van der Waals surface area contributed by atoms with E-state index in [4.69, 9.17) is 14.2 Å². The van der Waals surface area contributed by atoms with Gasteiger partial charge in [0.15, 0.2) is 23.3 Å². The molecule has 1 aliphatic heterocycles. The molecule has 164 valence electrons. The van der Waals surface area contributed by atoms with Crippen LogP contribution in [0.1, 0.15) is 31.9 Å². The monoisotopic (exact) mass is 442 g/mol. The van der Waals surface area contributed by atoms with Crippen LogP contribution in [0.25, 0.3) is 5.57 Å². The maximum Gasteiger partial charge on any atom is 0.349 e. The number of halogens is 5. The van der Waals surface area contributed by atoms with Crippen LogP contribution in [0.15, 0.2) is 36.1 Å². The van der Waals surface area contributed by atoms with E-state index in [0.29, 0.717) is 0 Å². The lowest BCUT2D eigenvalue weighted by Crippen LogP contribution is -2.39. The smallest absolute Gasteiger partial charge is 0.349 e. The van der Waals surface area contributed by atoms with E-state index in [9.17, 15) is 31.5 Å². The molecule has 0 aromatic heterocycles. The van der Waals surface area contributed by atoms with E-state index in [1.807, 2.05) is 0 Å². The Bertz CT molecular complexity index is 1070. The fourth-order valence-corrected chi connectivity index (χ4v) is 3.09. The lowest BCUT2D eigenvalue weighted by atomic mass is 9.97. The molecule has 10 heteroatoms. The third-order valence-electron chi connectivity index (χ3n) is 4.21. The molecule has 1 unspecified atom stereocenters. The molecule has 0 bridgehead atoms. The summed E-state index contributed by atoms with van der Waals surface area (Å²) in [5.41, 5.74) is -1.95. The van der Waals surface area contributed by atoms with Crippen LogP contribution < -0.4 is 0 Å². The Morgan fingerprint density at radius 3 is 1.94 bits per heavy atom. The van der Waals surface area contributed by atoms with Gasteiger partial charge in [-0.15, -0.1) is 0 Å². The summed E-state index contributed by atoms with van der Waals surface area (Å²) in [5.74, 6) is -18.1. The second kappa shape index (κ2) is 8.01. The largest absolute Gasteiger partial charge is 0.486 e. The van der Waals surface area contributed by atoms with Gasteiger partial charge < -0.3 is 14.2 Å². The van der Waals surface area contributed by atoms with E-state index in [1.165, 1.54) is 38.1 Å². The van der Waals surface area contributed by atoms with Crippen LogP contribution in [0.2, 0.25) is 0 Å². The van der Waals surface area contributed by atoms with Crippen LogP contribution in [0.4, 0.5) is 22.0 Å². The van der Waals surface area contributed by atoms with Crippen LogP contribution in [0.3, 0.4) is 0 Å². The first-order valence-electron chi connectivity index (χ1n) is 8.92. The van der Waals surface area contributed by atoms with Gasteiger partial charge in [-0.1, -0.05) is 30.3 Å². The minimum Gasteiger partial charge on any atom is -0.486 e. The third-order valence-corrected chi connectivity index (χ3v) is 4.21. The van der Waals surface area contributed by atoms with E-state index in [2.05, 4.69) is 0 Å². The molecule has 0 saturated carbocycles. The van der Waals surface area contributed by atoms with E-state index in [1.54, 1.807) is 6.07 Å². The van der Waals surface area contributed by atoms with Crippen molar-refractivity contribution in [2.24, 2.45) is 0 Å². The molecule has 1 heterocycles. The van der Waals surface area contributed by atoms with Crippen LogP contribution in [0, 0.1) is 29.1 Å². The lowest BCUT2D eigenvalue weighted by molar-refractivity contribution is -0.223. The Morgan fingerprint density at radius 1 is 0.935 bits per heavy atom. The van der Waals surface area contributed by atoms with Crippen molar-refractivity contribution in [1.29, 1.82) is 0 Å². The van der Waals surface area contributed by atoms with Crippen LogP contribution in [-0.2, 0) is 29.6 Å². The number of ether oxygens (including phenoxy) is 3. The molecule has 3 rings (SSSR count). The van der Waals surface area contributed by atoms with Gasteiger partial charge in [-0.3, -0.25) is 4.79 Å². The zero-order valence-electron chi connectivity index (χ0n) is 16.4. The Labute approximate surface area is 173 Å². The van der Waals surface area contributed by atoms with E-state index >= 15 is 0 Å². The average molecular weight is 442 g/mol. The number of carbonyl (C=O) groups is 2. The van der Waals surface area contributed by atoms with Gasteiger partial charge in [0.2, 0.25) is 11.6 Å². The van der Waals surface area contributed by atoms with Crippen molar-refractivity contribution in [3.63, 3.8) is 0 Å². The van der Waals surface area contributed by atoms with Crippen molar-refractivity contribution in [2.45, 2.75) is 32.7 Å². The maximum absolute atomic E-state index is 14.7. The Kier molecular flexibility index (Phi) is 5.75. The summed E-state index contributed by atoms with van der Waals surface area (Å²) in [6.07, 6.45) is -0.778. The molecule has 0 saturated heterocycles. The fraction of sp³-hybridized carbons (Fsp3) is 0.238. The van der Waals surface area contributed by atoms with Crippen molar-refractivity contribution in [2.75, 3.05) is 0 Å². The second-order valence-electron chi connectivity index (χ2n) is 6.78. The molecular formula is C21H15F5O5. The van der Waals surface area contributed by atoms with Crippen molar-refractivity contribution in [1.82, 2.24) is 0 Å². The van der Waals surface area contributed by atoms with Gasteiger partial charge in [-0.25, -0.2) is 26.7 Å². The standard InChI is InChI=1S/C21H15F5O5/c1-9(2)29-19-12(11-7-5-4-6-8-11)20(28)31-21(19,30-10(3)27)13-14(22)16(24)18(26)17(25)15(13)23/h4-9H,1-3H3. The molecule has 2 aromatic rings. The Morgan fingerprint density at radius 2 is 1.45 bits per heavy atom. The number of benzene rings is 2. The summed E-state index contributed by atoms with van der Waals surface area (Å²) in [4.78, 5) is 24.6. The Hall–Kier alpha value is -3.43. The molecule has 0 amide bonds. The molecular weight excluding hydrogens is 427 g/mol. The zero-order valence-corrected chi connectivity index (χ0v) is 16.4. The molecule has 1 atom stereocenters. The van der Waals surface area contributed by atoms with E-state index < -0.39 is 69.8 Å². The van der Waals surface area contributed by atoms with Gasteiger partial charge in [0.05, 0.1) is 6.10 Å². The predicted octanol–water partition coefficient (Wildman–Crippen LogP) is 4.49. The summed E-state index contributed by atoms with van der Waals surface area (Å²) < 4.78 is 86.5. The van der Waals surface area contributed by atoms with E-state index in [0.717, 1.165) is 6.92 Å². The summed E-state index contributed by atoms with van der Waals surface area (Å²) in [7, 11) is 0. The van der Waals surface area contributed by atoms with Gasteiger partial charge >= 0.3 is 17.7 Å². The molecule has 0 aliphatic carbocycles. The summed E-state index contributed by atoms with van der Waals surface area (Å²) >= 11 is 0. The fourth-order valence-electron chi connectivity index (χ4n) is 3.09. The second-order valence-corrected chi connectivity index (χ2v) is 6.78. The highest BCUT2D eigenvalue weighted by molar-refractivity contribution is 6.19. The molecule has 31 heavy (non-hydrogen) atoms. The molecule has 1 aliphatic rings. The molecule has 0 radical (unpaired) electrons. The number of esters is 2. The highest BCUT2D eigenvalue weighted by Gasteiger charge is 2.59. The van der Waals surface area contributed by atoms with Gasteiger partial charge in [0.25, 0.3) is 0 Å². The molecule has 0 spiro atoms. The first-order valence-corrected chi connectivity index (χ1v) is 8.92. The minimum absolute atomic E-state index is 0.140. The van der Waals surface area contributed by atoms with Crippen LogP contribution in [0.5, 0.6) is 0 Å². The summed E-state index contributed by atoms with van der Waals surface area (Å²) in [6.45, 7) is 3.74. The number of carbonyl (C=O) groups excluding carboxylic acids is 2. The molecule has 2 aromatic carbocycles. The van der Waals surface area contributed by atoms with E-state index in [-0.39, 0.29) is 5.56 Å². The third kappa shape index (κ3) is 3.62. The normalized spacial score (nSPS) is 18.4. The van der Waals surface area contributed by atoms with Crippen LogP contribution in [-0.4, -0.2) is 18.0 Å². The summed E-state index contributed by atoms with van der Waals surface area (Å²) in [6, 6.07) is 7.49. The molecule has 0 fully saturated rings. The lowest BCUT2D eigenvalue weighted by Gasteiger charge is -2.31. The average Bonchev–Trinajstić information content (AvgIpc) is 2.95. The van der Waals surface area contributed by atoms with Crippen molar-refractivity contribution >= 4 is 17.5 Å². The summed E-state index contributed by atoms with van der Waals surface area (Å²) in [5, 5.41) is 0. The van der Waals surface area contributed by atoms with Crippen molar-refractivity contribution in [3.8, 4) is 0 Å². The minimum atomic E-state index is -3.18. The molecule has 5 nitrogen and oxygen atoms in total. The van der Waals surface area contributed by atoms with Crippen LogP contribution >= 0.6 is 0 Å². The number of cyclic esters (lactones) is 1. The predicted molar refractivity (Wildman–Crippen MR) is 95.4 cm³/mol. The highest BCUT2D eigenvalue weighted by Crippen LogP contribution is 2.49. The van der Waals surface area contributed by atoms with Crippen molar-refractivity contribution < 1.29 is 45.8 Å². The van der Waals surface area contributed by atoms with Gasteiger partial charge in [0.1, 0.15) is 11.1 Å². The van der Waals surface area contributed by atoms with Gasteiger partial charge in [-0.05, 0) is 19.4 Å². The van der Waals surface area contributed by atoms with Gasteiger partial charge in [0, 0.05) is 6.92 Å². The quantitative estimate of drug-likeness (QED) is 0.296. The number of hydrogen-bond donors (Lipinski definition) is 0. The number of rotatable bonds is 5.